The van der Waals surface area contributed by atoms with Crippen LogP contribution in [0.5, 0.6) is 0 Å². The zero-order chi connectivity index (χ0) is 23.6. The average Bonchev–Trinajstić information content (AvgIpc) is 3.09. The summed E-state index contributed by atoms with van der Waals surface area (Å²) in [6.07, 6.45) is 3.24. The van der Waals surface area contributed by atoms with Crippen molar-refractivity contribution in [2.75, 3.05) is 25.9 Å². The van der Waals surface area contributed by atoms with Gasteiger partial charge in [0.05, 0.1) is 12.9 Å². The molecule has 1 unspecified atom stereocenters. The van der Waals surface area contributed by atoms with E-state index in [-0.39, 0.29) is 5.92 Å². The minimum atomic E-state index is -3.18. The SMILES string of the molecule is Cc1ccc(-n2c(-c3cccc(C)c3)nn(CN3CCCC(CNS(C)(=O)=O)C3)c2=S)cc1. The molecule has 0 aliphatic carbocycles. The summed E-state index contributed by atoms with van der Waals surface area (Å²) in [7, 11) is -3.18. The normalized spacial score (nSPS) is 17.4. The second kappa shape index (κ2) is 9.89. The molecule has 3 aromatic rings. The van der Waals surface area contributed by atoms with E-state index in [1.165, 1.54) is 17.4 Å². The van der Waals surface area contributed by atoms with E-state index >= 15 is 0 Å². The number of nitrogens with zero attached hydrogens (tertiary/aromatic N) is 4. The lowest BCUT2D eigenvalue weighted by atomic mass is 9.99. The molecule has 176 valence electrons. The van der Waals surface area contributed by atoms with Crippen molar-refractivity contribution in [1.29, 1.82) is 0 Å². The summed E-state index contributed by atoms with van der Waals surface area (Å²) in [5.41, 5.74) is 4.37. The minimum absolute atomic E-state index is 0.276. The van der Waals surface area contributed by atoms with Crippen molar-refractivity contribution < 1.29 is 8.42 Å². The Morgan fingerprint density at radius 2 is 1.88 bits per heavy atom. The number of aryl methyl sites for hydroxylation is 2. The molecule has 4 rings (SSSR count). The van der Waals surface area contributed by atoms with Gasteiger partial charge >= 0.3 is 0 Å². The van der Waals surface area contributed by atoms with Gasteiger partial charge in [0.15, 0.2) is 5.82 Å². The number of aromatic nitrogens is 3. The zero-order valence-corrected chi connectivity index (χ0v) is 21.0. The quantitative estimate of drug-likeness (QED) is 0.514. The van der Waals surface area contributed by atoms with Gasteiger partial charge < -0.3 is 0 Å². The van der Waals surface area contributed by atoms with Crippen molar-refractivity contribution >= 4 is 22.2 Å². The van der Waals surface area contributed by atoms with Crippen LogP contribution in [0.2, 0.25) is 0 Å². The maximum Gasteiger partial charge on any atom is 0.208 e. The number of nitrogens with one attached hydrogen (secondary N) is 1. The molecule has 1 N–H and O–H groups in total. The van der Waals surface area contributed by atoms with Crippen molar-refractivity contribution in [2.45, 2.75) is 33.4 Å². The zero-order valence-electron chi connectivity index (χ0n) is 19.4. The van der Waals surface area contributed by atoms with Gasteiger partial charge in [0, 0.05) is 24.3 Å². The summed E-state index contributed by atoms with van der Waals surface area (Å²) in [4.78, 5) is 2.31. The Morgan fingerprint density at radius 1 is 1.12 bits per heavy atom. The van der Waals surface area contributed by atoms with Crippen molar-refractivity contribution in [3.8, 4) is 17.1 Å². The Balaban J connectivity index is 1.64. The van der Waals surface area contributed by atoms with Crippen molar-refractivity contribution in [3.05, 3.63) is 64.4 Å². The van der Waals surface area contributed by atoms with Crippen molar-refractivity contribution in [2.24, 2.45) is 5.92 Å². The van der Waals surface area contributed by atoms with E-state index in [1.54, 1.807) is 0 Å². The highest BCUT2D eigenvalue weighted by Crippen LogP contribution is 2.25. The van der Waals surface area contributed by atoms with Crippen LogP contribution in [0, 0.1) is 24.5 Å². The highest BCUT2D eigenvalue weighted by molar-refractivity contribution is 7.88. The summed E-state index contributed by atoms with van der Waals surface area (Å²) >= 11 is 5.90. The molecule has 1 aliphatic heterocycles. The third-order valence-electron chi connectivity index (χ3n) is 5.98. The van der Waals surface area contributed by atoms with Gasteiger partial charge in [-0.05, 0) is 69.6 Å². The third kappa shape index (κ3) is 5.97. The fourth-order valence-electron chi connectivity index (χ4n) is 4.30. The fourth-order valence-corrected chi connectivity index (χ4v) is 5.13. The molecule has 1 aromatic heterocycles. The summed E-state index contributed by atoms with van der Waals surface area (Å²) < 4.78 is 30.2. The van der Waals surface area contributed by atoms with Crippen molar-refractivity contribution in [1.82, 2.24) is 24.0 Å². The molecule has 2 heterocycles. The average molecular weight is 486 g/mol. The third-order valence-corrected chi connectivity index (χ3v) is 7.06. The van der Waals surface area contributed by atoms with E-state index < -0.39 is 10.0 Å². The Kier molecular flexibility index (Phi) is 7.13. The van der Waals surface area contributed by atoms with E-state index in [9.17, 15) is 8.42 Å². The molecule has 0 amide bonds. The molecule has 1 saturated heterocycles. The van der Waals surface area contributed by atoms with Crippen LogP contribution >= 0.6 is 12.2 Å². The maximum absolute atomic E-state index is 11.5. The molecule has 33 heavy (non-hydrogen) atoms. The van der Waals surface area contributed by atoms with Crippen LogP contribution in [0.4, 0.5) is 0 Å². The molecule has 1 fully saturated rings. The van der Waals surface area contributed by atoms with Gasteiger partial charge in [-0.2, -0.15) is 0 Å². The van der Waals surface area contributed by atoms with Crippen LogP contribution in [0.1, 0.15) is 24.0 Å². The standard InChI is InChI=1S/C24H31N5O2S2/c1-18-9-11-22(12-10-18)29-23(21-8-4-6-19(2)14-21)26-28(24(29)32)17-27-13-5-7-20(16-27)15-25-33(3,30)31/h4,6,8-12,14,20,25H,5,7,13,15-17H2,1-3H3. The molecule has 0 bridgehead atoms. The Hall–Kier alpha value is -2.33. The van der Waals surface area contributed by atoms with Crippen LogP contribution in [0.25, 0.3) is 17.1 Å². The number of piperidine rings is 1. The Bertz CT molecular complexity index is 1280. The van der Waals surface area contributed by atoms with E-state index in [2.05, 4.69) is 65.9 Å². The number of sulfonamides is 1. The lowest BCUT2D eigenvalue weighted by molar-refractivity contribution is 0.132. The Morgan fingerprint density at radius 3 is 2.58 bits per heavy atom. The number of likely N-dealkylation sites (tertiary alicyclic amines) is 1. The highest BCUT2D eigenvalue weighted by Gasteiger charge is 2.23. The summed E-state index contributed by atoms with van der Waals surface area (Å²) in [6.45, 7) is 6.93. The van der Waals surface area contributed by atoms with Crippen LogP contribution in [0.3, 0.4) is 0 Å². The van der Waals surface area contributed by atoms with Gasteiger partial charge in [0.2, 0.25) is 14.8 Å². The first-order valence-electron chi connectivity index (χ1n) is 11.2. The summed E-state index contributed by atoms with van der Waals surface area (Å²) in [6, 6.07) is 16.6. The van der Waals surface area contributed by atoms with Crippen LogP contribution in [-0.4, -0.2) is 53.6 Å². The van der Waals surface area contributed by atoms with Crippen LogP contribution < -0.4 is 4.72 Å². The monoisotopic (exact) mass is 485 g/mol. The summed E-state index contributed by atoms with van der Waals surface area (Å²) in [5, 5.41) is 4.95. The predicted molar refractivity (Wildman–Crippen MR) is 134 cm³/mol. The second-order valence-electron chi connectivity index (χ2n) is 8.99. The van der Waals surface area contributed by atoms with Crippen LogP contribution in [-0.2, 0) is 16.7 Å². The second-order valence-corrected chi connectivity index (χ2v) is 11.2. The van der Waals surface area contributed by atoms with Gasteiger partial charge in [0.1, 0.15) is 0 Å². The first-order valence-corrected chi connectivity index (χ1v) is 13.5. The molecule has 2 aromatic carbocycles. The highest BCUT2D eigenvalue weighted by atomic mass is 32.2. The number of benzene rings is 2. The van der Waals surface area contributed by atoms with Gasteiger partial charge in [-0.3, -0.25) is 9.47 Å². The van der Waals surface area contributed by atoms with Gasteiger partial charge in [-0.1, -0.05) is 41.5 Å². The van der Waals surface area contributed by atoms with Gasteiger partial charge in [0.25, 0.3) is 0 Å². The van der Waals surface area contributed by atoms with Gasteiger partial charge in [-0.25, -0.2) is 17.8 Å². The molecule has 9 heteroatoms. The van der Waals surface area contributed by atoms with E-state index in [4.69, 9.17) is 17.3 Å². The lowest BCUT2D eigenvalue weighted by Gasteiger charge is -2.32. The van der Waals surface area contributed by atoms with Crippen LogP contribution in [0.15, 0.2) is 48.5 Å². The Labute approximate surface area is 201 Å². The first-order chi connectivity index (χ1) is 15.7. The minimum Gasteiger partial charge on any atom is -0.284 e. The number of hydrogen-bond acceptors (Lipinski definition) is 5. The van der Waals surface area contributed by atoms with E-state index in [0.717, 1.165) is 43.0 Å². The van der Waals surface area contributed by atoms with E-state index in [0.29, 0.717) is 18.0 Å². The maximum atomic E-state index is 11.5. The fraction of sp³-hybridized carbons (Fsp3) is 0.417. The molecule has 0 spiro atoms. The summed E-state index contributed by atoms with van der Waals surface area (Å²) in [5.74, 6) is 1.10. The molecule has 7 nitrogen and oxygen atoms in total. The largest absolute Gasteiger partial charge is 0.284 e. The molecule has 0 saturated carbocycles. The van der Waals surface area contributed by atoms with Gasteiger partial charge in [-0.15, -0.1) is 5.10 Å². The molecular formula is C24H31N5O2S2. The number of rotatable bonds is 7. The molecular weight excluding hydrogens is 454 g/mol. The number of hydrogen-bond donors (Lipinski definition) is 1. The molecule has 1 aliphatic rings. The first kappa shape index (κ1) is 23.8. The topological polar surface area (TPSA) is 72.2 Å². The lowest BCUT2D eigenvalue weighted by Crippen LogP contribution is -2.41. The molecule has 0 radical (unpaired) electrons. The smallest absolute Gasteiger partial charge is 0.208 e. The molecule has 1 atom stereocenters. The van der Waals surface area contributed by atoms with Crippen molar-refractivity contribution in [3.63, 3.8) is 0 Å². The van der Waals surface area contributed by atoms with E-state index in [1.807, 2.05) is 15.3 Å². The predicted octanol–water partition coefficient (Wildman–Crippen LogP) is 3.91.